The summed E-state index contributed by atoms with van der Waals surface area (Å²) in [5.74, 6) is 0.642. The predicted octanol–water partition coefficient (Wildman–Crippen LogP) is 4.59. The third-order valence-corrected chi connectivity index (χ3v) is 9.97. The lowest BCUT2D eigenvalue weighted by atomic mass is 10.0. The van der Waals surface area contributed by atoms with E-state index in [1.54, 1.807) is 0 Å². The number of para-hydroxylation sites is 1. The number of hydrogen-bond donors (Lipinski definition) is 1. The second kappa shape index (κ2) is 10.0. The molecule has 0 radical (unpaired) electrons. The Morgan fingerprint density at radius 3 is 2.14 bits per heavy atom. The summed E-state index contributed by atoms with van der Waals surface area (Å²) < 4.78 is 37.4. The fraction of sp³-hybridized carbons (Fsp3) is 0.429. The zero-order valence-corrected chi connectivity index (χ0v) is 19.2. The van der Waals surface area contributed by atoms with Crippen molar-refractivity contribution in [3.63, 3.8) is 0 Å². The molecule has 0 saturated heterocycles. The summed E-state index contributed by atoms with van der Waals surface area (Å²) in [4.78, 5) is 0. The van der Waals surface area contributed by atoms with Crippen LogP contribution in [0.1, 0.15) is 27.2 Å². The SMILES string of the molecule is CCO[Si](CCCNP1(=O)Oc2ccccc2-c2ccccc21)(OCC)OCC. The molecule has 0 fully saturated rings. The minimum absolute atomic E-state index is 0.510. The summed E-state index contributed by atoms with van der Waals surface area (Å²) in [5.41, 5.74) is 1.92. The van der Waals surface area contributed by atoms with Crippen LogP contribution in [0.4, 0.5) is 0 Å². The summed E-state index contributed by atoms with van der Waals surface area (Å²) in [6.45, 7) is 7.99. The number of nitrogens with one attached hydrogen (secondary N) is 1. The van der Waals surface area contributed by atoms with E-state index in [-0.39, 0.29) is 0 Å². The molecule has 2 aromatic carbocycles. The molecule has 29 heavy (non-hydrogen) atoms. The fourth-order valence-corrected chi connectivity index (χ4v) is 8.19. The number of benzene rings is 2. The van der Waals surface area contributed by atoms with Crippen LogP contribution in [-0.4, -0.2) is 35.2 Å². The van der Waals surface area contributed by atoms with E-state index in [1.165, 1.54) is 0 Å². The van der Waals surface area contributed by atoms with E-state index in [1.807, 2.05) is 69.3 Å². The molecule has 1 unspecified atom stereocenters. The molecule has 158 valence electrons. The molecule has 1 atom stereocenters. The first-order valence-corrected chi connectivity index (χ1v) is 13.8. The summed E-state index contributed by atoms with van der Waals surface area (Å²) in [7, 11) is -5.93. The molecule has 0 aliphatic carbocycles. The van der Waals surface area contributed by atoms with Crippen molar-refractivity contribution in [2.45, 2.75) is 33.2 Å². The maximum atomic E-state index is 13.7. The van der Waals surface area contributed by atoms with Gasteiger partial charge in [-0.2, -0.15) is 0 Å². The molecule has 0 amide bonds. The van der Waals surface area contributed by atoms with Gasteiger partial charge in [0.1, 0.15) is 5.75 Å². The molecule has 3 rings (SSSR count). The van der Waals surface area contributed by atoms with Gasteiger partial charge in [-0.15, -0.1) is 0 Å². The Bertz CT molecular complexity index is 845. The second-order valence-corrected chi connectivity index (χ2v) is 11.5. The molecule has 6 nitrogen and oxygen atoms in total. The Labute approximate surface area is 174 Å². The Morgan fingerprint density at radius 1 is 0.897 bits per heavy atom. The van der Waals surface area contributed by atoms with Gasteiger partial charge in [0.2, 0.25) is 0 Å². The Kier molecular flexibility index (Phi) is 7.68. The molecule has 1 aliphatic rings. The maximum Gasteiger partial charge on any atom is 0.500 e. The minimum atomic E-state index is -3.22. The van der Waals surface area contributed by atoms with Gasteiger partial charge in [0.15, 0.2) is 0 Å². The highest BCUT2D eigenvalue weighted by Crippen LogP contribution is 2.51. The minimum Gasteiger partial charge on any atom is -0.429 e. The molecule has 1 aliphatic heterocycles. The van der Waals surface area contributed by atoms with Crippen LogP contribution >= 0.6 is 7.52 Å². The van der Waals surface area contributed by atoms with Crippen molar-refractivity contribution >= 4 is 21.6 Å². The van der Waals surface area contributed by atoms with Crippen LogP contribution < -0.4 is 14.9 Å². The monoisotopic (exact) mass is 435 g/mol. The molecule has 2 aromatic rings. The van der Waals surface area contributed by atoms with Gasteiger partial charge < -0.3 is 17.8 Å². The zero-order valence-electron chi connectivity index (χ0n) is 17.3. The van der Waals surface area contributed by atoms with Crippen LogP contribution in [0.2, 0.25) is 6.04 Å². The van der Waals surface area contributed by atoms with Crippen molar-refractivity contribution in [3.8, 4) is 16.9 Å². The van der Waals surface area contributed by atoms with E-state index in [2.05, 4.69) is 5.09 Å². The van der Waals surface area contributed by atoms with Crippen molar-refractivity contribution in [2.75, 3.05) is 26.4 Å². The first-order valence-electron chi connectivity index (χ1n) is 10.2. The highest BCUT2D eigenvalue weighted by molar-refractivity contribution is 7.65. The topological polar surface area (TPSA) is 66.0 Å². The average molecular weight is 436 g/mol. The van der Waals surface area contributed by atoms with E-state index in [0.29, 0.717) is 49.9 Å². The zero-order chi connectivity index (χ0) is 20.7. The van der Waals surface area contributed by atoms with Gasteiger partial charge in [-0.05, 0) is 39.3 Å². The quantitative estimate of drug-likeness (QED) is 0.316. The van der Waals surface area contributed by atoms with E-state index >= 15 is 0 Å². The summed E-state index contributed by atoms with van der Waals surface area (Å²) in [6.07, 6.45) is 0.712. The first-order chi connectivity index (χ1) is 14.1. The molecule has 0 bridgehead atoms. The van der Waals surface area contributed by atoms with Gasteiger partial charge in [0.05, 0.1) is 5.30 Å². The van der Waals surface area contributed by atoms with Crippen LogP contribution in [0.15, 0.2) is 48.5 Å². The van der Waals surface area contributed by atoms with Crippen molar-refractivity contribution < 1.29 is 22.4 Å². The highest BCUT2D eigenvalue weighted by Gasteiger charge is 2.40. The van der Waals surface area contributed by atoms with Crippen LogP contribution in [0, 0.1) is 0 Å². The van der Waals surface area contributed by atoms with Crippen molar-refractivity contribution in [1.29, 1.82) is 0 Å². The van der Waals surface area contributed by atoms with E-state index in [0.717, 1.165) is 11.1 Å². The van der Waals surface area contributed by atoms with E-state index in [9.17, 15) is 4.57 Å². The fourth-order valence-electron chi connectivity index (χ4n) is 3.56. The van der Waals surface area contributed by atoms with Crippen LogP contribution in [0.25, 0.3) is 11.1 Å². The van der Waals surface area contributed by atoms with Gasteiger partial charge in [-0.25, -0.2) is 5.09 Å². The van der Waals surface area contributed by atoms with Gasteiger partial charge in [0, 0.05) is 43.5 Å². The molecular formula is C21H30NO5PSi. The van der Waals surface area contributed by atoms with Crippen LogP contribution in [0.5, 0.6) is 5.75 Å². The molecule has 8 heteroatoms. The molecule has 1 heterocycles. The summed E-state index contributed by atoms with van der Waals surface area (Å²) >= 11 is 0. The third kappa shape index (κ3) is 4.99. The average Bonchev–Trinajstić information content (AvgIpc) is 2.72. The van der Waals surface area contributed by atoms with Gasteiger partial charge in [0.25, 0.3) is 0 Å². The maximum absolute atomic E-state index is 13.7. The smallest absolute Gasteiger partial charge is 0.429 e. The largest absolute Gasteiger partial charge is 0.500 e. The first kappa shape index (κ1) is 22.2. The normalized spacial score (nSPS) is 18.0. The predicted molar refractivity (Wildman–Crippen MR) is 118 cm³/mol. The number of hydrogen-bond acceptors (Lipinski definition) is 5. The van der Waals surface area contributed by atoms with Gasteiger partial charge in [-0.3, -0.25) is 4.57 Å². The van der Waals surface area contributed by atoms with Crippen molar-refractivity contribution in [3.05, 3.63) is 48.5 Å². The van der Waals surface area contributed by atoms with Crippen LogP contribution in [0.3, 0.4) is 0 Å². The van der Waals surface area contributed by atoms with Gasteiger partial charge >= 0.3 is 16.3 Å². The van der Waals surface area contributed by atoms with E-state index in [4.69, 9.17) is 17.8 Å². The second-order valence-electron chi connectivity index (χ2n) is 6.65. The van der Waals surface area contributed by atoms with Crippen molar-refractivity contribution in [2.24, 2.45) is 0 Å². The lowest BCUT2D eigenvalue weighted by Gasteiger charge is -2.30. The molecule has 0 aromatic heterocycles. The molecular weight excluding hydrogens is 405 g/mol. The van der Waals surface area contributed by atoms with Crippen molar-refractivity contribution in [1.82, 2.24) is 5.09 Å². The molecule has 0 spiro atoms. The number of rotatable bonds is 11. The van der Waals surface area contributed by atoms with Crippen LogP contribution in [-0.2, 0) is 17.8 Å². The van der Waals surface area contributed by atoms with Gasteiger partial charge in [-0.1, -0.05) is 36.4 Å². The Hall–Kier alpha value is -1.47. The Balaban J connectivity index is 1.71. The Morgan fingerprint density at radius 2 is 1.48 bits per heavy atom. The number of fused-ring (bicyclic) bond motifs is 3. The third-order valence-electron chi connectivity index (χ3n) is 4.70. The standard InChI is InChI=1S/C21H30NO5PSi/c1-4-24-29(25-5-2,26-6-3)17-11-16-22-28(23)21-15-10-8-13-19(21)18-12-7-9-14-20(18)27-28/h7-10,12-15H,4-6,11,16-17H2,1-3H3,(H,22,23). The molecule has 0 saturated carbocycles. The molecule has 1 N–H and O–H groups in total. The lowest BCUT2D eigenvalue weighted by Crippen LogP contribution is -2.46. The lowest BCUT2D eigenvalue weighted by molar-refractivity contribution is 0.0709. The summed E-state index contributed by atoms with van der Waals surface area (Å²) in [5, 5.41) is 3.89. The summed E-state index contributed by atoms with van der Waals surface area (Å²) in [6, 6.07) is 16.1. The van der Waals surface area contributed by atoms with E-state index < -0.39 is 16.3 Å². The highest BCUT2D eigenvalue weighted by atomic mass is 31.2.